The number of anilines is 2. The monoisotopic (exact) mass is 546 g/mol. The summed E-state index contributed by atoms with van der Waals surface area (Å²) in [5.74, 6) is -1.33. The zero-order chi connectivity index (χ0) is 27.9. The fraction of sp³-hybridized carbons (Fsp3) is 0.423. The van der Waals surface area contributed by atoms with Gasteiger partial charge < -0.3 is 23.9 Å². The second kappa shape index (κ2) is 12.7. The van der Waals surface area contributed by atoms with Crippen LogP contribution in [0.4, 0.5) is 24.5 Å². The summed E-state index contributed by atoms with van der Waals surface area (Å²) in [6.45, 7) is 1.61. The van der Waals surface area contributed by atoms with Crippen LogP contribution in [0.15, 0.2) is 40.9 Å². The molecule has 1 fully saturated rings. The Hall–Kier alpha value is -4.00. The Labute approximate surface area is 223 Å². The molecule has 2 amide bonds. The van der Waals surface area contributed by atoms with Crippen LogP contribution in [-0.2, 0) is 20.9 Å². The first-order chi connectivity index (χ1) is 18.8. The number of alkyl halides is 2. The molecule has 4 rings (SSSR count). The van der Waals surface area contributed by atoms with Crippen molar-refractivity contribution in [1.29, 1.82) is 0 Å². The van der Waals surface area contributed by atoms with Crippen LogP contribution in [0.1, 0.15) is 37.3 Å². The molecule has 2 aromatic heterocycles. The number of piperidine rings is 1. The molecule has 1 aliphatic rings. The molecule has 10 nitrogen and oxygen atoms in total. The molecule has 1 aliphatic heterocycles. The lowest BCUT2D eigenvalue weighted by atomic mass is 10.0. The smallest absolute Gasteiger partial charge is 0.314 e. The predicted octanol–water partition coefficient (Wildman–Crippen LogP) is 3.84. The topological polar surface area (TPSA) is 105 Å². The SMILES string of the molecule is COCCC(=O)N1CCC(N(C)c2ccc(F)cc2N(C=O)Cc2ccc(-c3nnc(C(F)F)o3)cn2)CC1. The van der Waals surface area contributed by atoms with Crippen LogP contribution in [0.3, 0.4) is 0 Å². The van der Waals surface area contributed by atoms with Crippen molar-refractivity contribution in [2.75, 3.05) is 43.7 Å². The normalized spacial score (nSPS) is 14.1. The molecule has 0 spiro atoms. The van der Waals surface area contributed by atoms with Gasteiger partial charge in [-0.2, -0.15) is 8.78 Å². The summed E-state index contributed by atoms with van der Waals surface area (Å²) in [4.78, 5) is 33.9. The third-order valence-electron chi connectivity index (χ3n) is 6.67. The number of pyridine rings is 1. The average Bonchev–Trinajstić information content (AvgIpc) is 3.45. The molecule has 0 radical (unpaired) electrons. The summed E-state index contributed by atoms with van der Waals surface area (Å²) < 4.78 is 49.7. The van der Waals surface area contributed by atoms with Crippen molar-refractivity contribution in [3.05, 3.63) is 53.9 Å². The van der Waals surface area contributed by atoms with Crippen molar-refractivity contribution in [3.63, 3.8) is 0 Å². The van der Waals surface area contributed by atoms with Crippen molar-refractivity contribution in [2.45, 2.75) is 38.3 Å². The van der Waals surface area contributed by atoms with E-state index in [9.17, 15) is 22.8 Å². The van der Waals surface area contributed by atoms with E-state index in [1.165, 1.54) is 23.2 Å². The van der Waals surface area contributed by atoms with Gasteiger partial charge in [0.1, 0.15) is 5.82 Å². The zero-order valence-corrected chi connectivity index (χ0v) is 21.6. The standard InChI is InChI=1S/C26H29F3N6O4/c1-33(20-7-10-34(11-8-20)23(37)9-12-38-2)21-6-4-18(27)13-22(21)35(16-36)15-19-5-3-17(14-30-19)25-31-32-26(39-25)24(28)29/h3-6,13-14,16,20,24H,7-12,15H2,1-2H3. The van der Waals surface area contributed by atoms with Gasteiger partial charge in [-0.25, -0.2) is 4.39 Å². The van der Waals surface area contributed by atoms with Gasteiger partial charge in [0.05, 0.1) is 42.2 Å². The molecule has 0 aliphatic carbocycles. The molecule has 39 heavy (non-hydrogen) atoms. The number of hydrogen-bond acceptors (Lipinski definition) is 8. The lowest BCUT2D eigenvalue weighted by Crippen LogP contribution is -2.46. The number of carbonyl (C=O) groups excluding carboxylic acids is 2. The fourth-order valence-corrected chi connectivity index (χ4v) is 4.51. The molecule has 208 valence electrons. The number of methoxy groups -OCH3 is 1. The lowest BCUT2D eigenvalue weighted by molar-refractivity contribution is -0.133. The molecule has 0 saturated carbocycles. The number of halogens is 3. The van der Waals surface area contributed by atoms with Crippen LogP contribution in [0.5, 0.6) is 0 Å². The van der Waals surface area contributed by atoms with E-state index in [0.29, 0.717) is 55.2 Å². The first kappa shape index (κ1) is 28.0. The van der Waals surface area contributed by atoms with Crippen LogP contribution in [-0.4, -0.2) is 72.3 Å². The van der Waals surface area contributed by atoms with Crippen LogP contribution in [0.2, 0.25) is 0 Å². The molecule has 0 N–H and O–H groups in total. The van der Waals surface area contributed by atoms with Crippen LogP contribution in [0, 0.1) is 5.82 Å². The number of aromatic nitrogens is 3. The van der Waals surface area contributed by atoms with Gasteiger partial charge >= 0.3 is 6.43 Å². The van der Waals surface area contributed by atoms with E-state index >= 15 is 0 Å². The molecule has 13 heteroatoms. The van der Waals surface area contributed by atoms with Gasteiger partial charge in [0.25, 0.3) is 5.89 Å². The second-order valence-corrected chi connectivity index (χ2v) is 9.12. The Morgan fingerprint density at radius 3 is 2.59 bits per heavy atom. The van der Waals surface area contributed by atoms with E-state index < -0.39 is 18.1 Å². The fourth-order valence-electron chi connectivity index (χ4n) is 4.51. The van der Waals surface area contributed by atoms with E-state index in [2.05, 4.69) is 15.2 Å². The summed E-state index contributed by atoms with van der Waals surface area (Å²) in [5, 5.41) is 6.90. The van der Waals surface area contributed by atoms with E-state index in [4.69, 9.17) is 9.15 Å². The zero-order valence-electron chi connectivity index (χ0n) is 21.6. The highest BCUT2D eigenvalue weighted by Gasteiger charge is 2.27. The van der Waals surface area contributed by atoms with Crippen molar-refractivity contribution in [2.24, 2.45) is 0 Å². The third kappa shape index (κ3) is 6.72. The lowest BCUT2D eigenvalue weighted by Gasteiger charge is -2.39. The summed E-state index contributed by atoms with van der Waals surface area (Å²) in [7, 11) is 3.45. The van der Waals surface area contributed by atoms with Crippen molar-refractivity contribution >= 4 is 23.7 Å². The minimum atomic E-state index is -2.88. The maximum atomic E-state index is 14.3. The number of hydrogen-bond donors (Lipinski definition) is 0. The number of benzene rings is 1. The van der Waals surface area contributed by atoms with E-state index in [1.807, 2.05) is 16.8 Å². The minimum Gasteiger partial charge on any atom is -0.415 e. The molecule has 0 bridgehead atoms. The summed E-state index contributed by atoms with van der Waals surface area (Å²) in [6.07, 6.45) is 0.883. The number of amides is 2. The second-order valence-electron chi connectivity index (χ2n) is 9.12. The number of nitrogens with zero attached hydrogens (tertiary/aromatic N) is 6. The Balaban J connectivity index is 1.47. The quantitative estimate of drug-likeness (QED) is 0.334. The Bertz CT molecular complexity index is 1260. The molecule has 0 unspecified atom stereocenters. The van der Waals surface area contributed by atoms with Gasteiger partial charge in [-0.15, -0.1) is 10.2 Å². The van der Waals surface area contributed by atoms with Crippen LogP contribution in [0.25, 0.3) is 11.5 Å². The maximum Gasteiger partial charge on any atom is 0.314 e. The molecule has 3 aromatic rings. The van der Waals surface area contributed by atoms with E-state index in [-0.39, 0.29) is 24.4 Å². The summed E-state index contributed by atoms with van der Waals surface area (Å²) in [5.41, 5.74) is 1.85. The van der Waals surface area contributed by atoms with Gasteiger partial charge in [-0.3, -0.25) is 14.6 Å². The number of carbonyl (C=O) groups is 2. The number of rotatable bonds is 11. The molecule has 1 saturated heterocycles. The molecule has 3 heterocycles. The highest BCUT2D eigenvalue weighted by Crippen LogP contribution is 2.33. The summed E-state index contributed by atoms with van der Waals surface area (Å²) in [6, 6.07) is 7.50. The van der Waals surface area contributed by atoms with Crippen molar-refractivity contribution in [3.8, 4) is 11.5 Å². The Morgan fingerprint density at radius 1 is 1.21 bits per heavy atom. The molecular formula is C26H29F3N6O4. The maximum absolute atomic E-state index is 14.3. The number of likely N-dealkylation sites (tertiary alicyclic amines) is 1. The Morgan fingerprint density at radius 2 is 1.97 bits per heavy atom. The largest absolute Gasteiger partial charge is 0.415 e. The van der Waals surface area contributed by atoms with Gasteiger partial charge in [0.2, 0.25) is 18.2 Å². The van der Waals surface area contributed by atoms with Crippen LogP contribution >= 0.6 is 0 Å². The average molecular weight is 547 g/mol. The van der Waals surface area contributed by atoms with Crippen molar-refractivity contribution in [1.82, 2.24) is 20.1 Å². The predicted molar refractivity (Wildman–Crippen MR) is 136 cm³/mol. The highest BCUT2D eigenvalue weighted by molar-refractivity contribution is 5.84. The van der Waals surface area contributed by atoms with Gasteiger partial charge in [0.15, 0.2) is 0 Å². The van der Waals surface area contributed by atoms with Gasteiger partial charge in [0, 0.05) is 39.5 Å². The first-order valence-corrected chi connectivity index (χ1v) is 12.4. The van der Waals surface area contributed by atoms with Crippen LogP contribution < -0.4 is 9.80 Å². The highest BCUT2D eigenvalue weighted by atomic mass is 19.3. The minimum absolute atomic E-state index is 0.0344. The number of ether oxygens (including phenoxy) is 1. The Kier molecular flexibility index (Phi) is 9.12. The molecule has 0 atom stereocenters. The molecule has 1 aromatic carbocycles. The first-order valence-electron chi connectivity index (χ1n) is 12.4. The van der Waals surface area contributed by atoms with E-state index in [0.717, 1.165) is 12.8 Å². The van der Waals surface area contributed by atoms with Gasteiger partial charge in [-0.05, 0) is 43.2 Å². The van der Waals surface area contributed by atoms with Gasteiger partial charge in [-0.1, -0.05) is 0 Å². The van der Waals surface area contributed by atoms with E-state index in [1.54, 1.807) is 25.3 Å². The third-order valence-corrected chi connectivity index (χ3v) is 6.67. The summed E-state index contributed by atoms with van der Waals surface area (Å²) >= 11 is 0. The van der Waals surface area contributed by atoms with Crippen molar-refractivity contribution < 1.29 is 31.9 Å². The molecular weight excluding hydrogens is 517 g/mol.